The van der Waals surface area contributed by atoms with Gasteiger partial charge < -0.3 is 14.8 Å². The van der Waals surface area contributed by atoms with Crippen molar-refractivity contribution in [1.29, 1.82) is 0 Å². The van der Waals surface area contributed by atoms with Gasteiger partial charge in [-0.3, -0.25) is 9.59 Å². The molecular weight excluding hydrogens is 346 g/mol. The summed E-state index contributed by atoms with van der Waals surface area (Å²) in [7, 11) is 2.97. The van der Waals surface area contributed by atoms with E-state index in [1.165, 1.54) is 26.0 Å². The molecule has 0 aliphatic rings. The van der Waals surface area contributed by atoms with Gasteiger partial charge in [-0.2, -0.15) is 5.10 Å². The van der Waals surface area contributed by atoms with E-state index < -0.39 is 11.8 Å². The Morgan fingerprint density at radius 2 is 1.70 bits per heavy atom. The van der Waals surface area contributed by atoms with Crippen molar-refractivity contribution in [3.63, 3.8) is 0 Å². The Balaban J connectivity index is 1.96. The highest BCUT2D eigenvalue weighted by atomic mass is 16.5. The van der Waals surface area contributed by atoms with Gasteiger partial charge in [-0.05, 0) is 29.2 Å². The average molecular weight is 369 g/mol. The maximum absolute atomic E-state index is 12.0. The number of methoxy groups -OCH3 is 2. The lowest BCUT2D eigenvalue weighted by molar-refractivity contribution is -0.136. The average Bonchev–Trinajstić information content (AvgIpc) is 2.68. The third-order valence-electron chi connectivity index (χ3n) is 3.84. The van der Waals surface area contributed by atoms with Gasteiger partial charge in [0.1, 0.15) is 11.5 Å². The number of rotatable bonds is 6. The van der Waals surface area contributed by atoms with Gasteiger partial charge in [-0.15, -0.1) is 0 Å². The third-order valence-corrected chi connectivity index (χ3v) is 3.84. The first kappa shape index (κ1) is 20.0. The Kier molecular flexibility index (Phi) is 6.93. The molecule has 0 fully saturated rings. The molecule has 2 aromatic carbocycles. The molecule has 2 N–H and O–H groups in total. The summed E-state index contributed by atoms with van der Waals surface area (Å²) in [4.78, 5) is 24.0. The first-order valence-corrected chi connectivity index (χ1v) is 8.41. The molecule has 2 amide bonds. The maximum Gasteiger partial charge on any atom is 0.329 e. The van der Waals surface area contributed by atoms with Crippen molar-refractivity contribution in [1.82, 2.24) is 5.43 Å². The van der Waals surface area contributed by atoms with E-state index >= 15 is 0 Å². The van der Waals surface area contributed by atoms with E-state index in [1.54, 1.807) is 18.2 Å². The quantitative estimate of drug-likeness (QED) is 0.465. The van der Waals surface area contributed by atoms with Gasteiger partial charge in [0.15, 0.2) is 0 Å². The van der Waals surface area contributed by atoms with Crippen molar-refractivity contribution >= 4 is 23.7 Å². The zero-order valence-corrected chi connectivity index (χ0v) is 15.8. The minimum atomic E-state index is -0.894. The summed E-state index contributed by atoms with van der Waals surface area (Å²) >= 11 is 0. The first-order chi connectivity index (χ1) is 12.9. The van der Waals surface area contributed by atoms with Crippen molar-refractivity contribution in [2.45, 2.75) is 19.8 Å². The highest BCUT2D eigenvalue weighted by Crippen LogP contribution is 2.28. The van der Waals surface area contributed by atoms with Crippen molar-refractivity contribution in [2.75, 3.05) is 19.5 Å². The summed E-state index contributed by atoms with van der Waals surface area (Å²) in [6.45, 7) is 4.22. The molecule has 0 radical (unpaired) electrons. The van der Waals surface area contributed by atoms with Crippen LogP contribution in [0.3, 0.4) is 0 Å². The molecule has 0 spiro atoms. The summed E-state index contributed by atoms with van der Waals surface area (Å²) in [6, 6.07) is 12.7. The normalized spacial score (nSPS) is 10.7. The summed E-state index contributed by atoms with van der Waals surface area (Å²) in [5.41, 5.74) is 4.55. The van der Waals surface area contributed by atoms with Gasteiger partial charge in [-0.1, -0.05) is 38.1 Å². The number of hydrogen-bond acceptors (Lipinski definition) is 5. The van der Waals surface area contributed by atoms with E-state index in [9.17, 15) is 9.59 Å². The third kappa shape index (κ3) is 5.57. The molecule has 0 aliphatic carbocycles. The molecular formula is C20H23N3O4. The largest absolute Gasteiger partial charge is 0.497 e. The summed E-state index contributed by atoms with van der Waals surface area (Å²) in [5, 5.41) is 6.29. The van der Waals surface area contributed by atoms with E-state index in [0.29, 0.717) is 23.1 Å². The van der Waals surface area contributed by atoms with Crippen molar-refractivity contribution in [3.05, 3.63) is 53.6 Å². The van der Waals surface area contributed by atoms with E-state index in [-0.39, 0.29) is 0 Å². The lowest BCUT2D eigenvalue weighted by Gasteiger charge is -2.11. The van der Waals surface area contributed by atoms with Crippen LogP contribution in [0.2, 0.25) is 0 Å². The van der Waals surface area contributed by atoms with Crippen molar-refractivity contribution in [3.8, 4) is 11.5 Å². The molecule has 7 heteroatoms. The minimum Gasteiger partial charge on any atom is -0.497 e. The summed E-state index contributed by atoms with van der Waals surface area (Å²) in [6.07, 6.45) is 1.47. The van der Waals surface area contributed by atoms with Crippen LogP contribution in [0.25, 0.3) is 0 Å². The lowest BCUT2D eigenvalue weighted by Crippen LogP contribution is -2.32. The predicted molar refractivity (Wildman–Crippen MR) is 104 cm³/mol. The fraction of sp³-hybridized carbons (Fsp3) is 0.250. The molecule has 0 aromatic heterocycles. The van der Waals surface area contributed by atoms with Gasteiger partial charge >= 0.3 is 11.8 Å². The fourth-order valence-electron chi connectivity index (χ4n) is 2.27. The summed E-state index contributed by atoms with van der Waals surface area (Å²) in [5.74, 6) is -0.392. The molecule has 0 aliphatic heterocycles. The second kappa shape index (κ2) is 9.38. The minimum absolute atomic E-state index is 0.324. The number of ether oxygens (including phenoxy) is 2. The van der Waals surface area contributed by atoms with Crippen LogP contribution in [-0.2, 0) is 9.59 Å². The van der Waals surface area contributed by atoms with Crippen LogP contribution in [0.1, 0.15) is 30.9 Å². The van der Waals surface area contributed by atoms with Crippen LogP contribution in [0.4, 0.5) is 5.69 Å². The molecule has 0 atom stereocenters. The number of hydrazone groups is 1. The molecule has 0 saturated carbocycles. The van der Waals surface area contributed by atoms with Crippen LogP contribution < -0.4 is 20.2 Å². The molecule has 27 heavy (non-hydrogen) atoms. The molecule has 0 saturated heterocycles. The Labute approximate surface area is 158 Å². The zero-order valence-electron chi connectivity index (χ0n) is 15.8. The van der Waals surface area contributed by atoms with Crippen LogP contribution in [0.5, 0.6) is 11.5 Å². The number of carbonyl (C=O) groups excluding carboxylic acids is 2. The maximum atomic E-state index is 12.0. The Bertz CT molecular complexity index is 830. The van der Waals surface area contributed by atoms with E-state index in [2.05, 4.69) is 29.7 Å². The first-order valence-electron chi connectivity index (χ1n) is 8.41. The molecule has 2 aromatic rings. The Hall–Kier alpha value is -3.35. The fourth-order valence-corrected chi connectivity index (χ4v) is 2.27. The van der Waals surface area contributed by atoms with E-state index in [0.717, 1.165) is 5.56 Å². The standard InChI is InChI=1S/C20H23N3O4/c1-13(2)15-7-5-14(6-8-15)12-21-23-20(25)19(24)22-17-11-16(26-3)9-10-18(17)27-4/h5-13H,1-4H3,(H,22,24)(H,23,25)/b21-12+. The van der Waals surface area contributed by atoms with E-state index in [1.807, 2.05) is 24.3 Å². The molecule has 2 rings (SSSR count). The van der Waals surface area contributed by atoms with Gasteiger partial charge in [0.05, 0.1) is 26.1 Å². The van der Waals surface area contributed by atoms with Gasteiger partial charge in [-0.25, -0.2) is 5.43 Å². The Morgan fingerprint density at radius 3 is 2.30 bits per heavy atom. The number of hydrogen-bond donors (Lipinski definition) is 2. The SMILES string of the molecule is COc1ccc(OC)c(NC(=O)C(=O)N/N=C/c2ccc(C(C)C)cc2)c1. The highest BCUT2D eigenvalue weighted by molar-refractivity contribution is 6.39. The number of anilines is 1. The number of nitrogens with one attached hydrogen (secondary N) is 2. The smallest absolute Gasteiger partial charge is 0.329 e. The second-order valence-electron chi connectivity index (χ2n) is 6.04. The van der Waals surface area contributed by atoms with Crippen LogP contribution in [0.15, 0.2) is 47.6 Å². The zero-order chi connectivity index (χ0) is 19.8. The molecule has 7 nitrogen and oxygen atoms in total. The van der Waals surface area contributed by atoms with E-state index in [4.69, 9.17) is 9.47 Å². The summed E-state index contributed by atoms with van der Waals surface area (Å²) < 4.78 is 10.3. The Morgan fingerprint density at radius 1 is 1.00 bits per heavy atom. The van der Waals surface area contributed by atoms with Gasteiger partial charge in [0.2, 0.25) is 0 Å². The number of carbonyl (C=O) groups is 2. The highest BCUT2D eigenvalue weighted by Gasteiger charge is 2.16. The number of nitrogens with zero attached hydrogens (tertiary/aromatic N) is 1. The van der Waals surface area contributed by atoms with Gasteiger partial charge in [0.25, 0.3) is 0 Å². The van der Waals surface area contributed by atoms with Gasteiger partial charge in [0, 0.05) is 6.07 Å². The monoisotopic (exact) mass is 369 g/mol. The molecule has 0 unspecified atom stereocenters. The predicted octanol–water partition coefficient (Wildman–Crippen LogP) is 2.92. The number of benzene rings is 2. The molecule has 142 valence electrons. The topological polar surface area (TPSA) is 89.0 Å². The molecule has 0 bridgehead atoms. The van der Waals surface area contributed by atoms with Crippen molar-refractivity contribution in [2.24, 2.45) is 5.10 Å². The number of amides is 2. The van der Waals surface area contributed by atoms with Crippen LogP contribution in [-0.4, -0.2) is 32.2 Å². The second-order valence-corrected chi connectivity index (χ2v) is 6.04. The van der Waals surface area contributed by atoms with Crippen LogP contribution >= 0.6 is 0 Å². The van der Waals surface area contributed by atoms with Crippen molar-refractivity contribution < 1.29 is 19.1 Å². The van der Waals surface area contributed by atoms with Crippen LogP contribution in [0, 0.1) is 0 Å². The lowest BCUT2D eigenvalue weighted by atomic mass is 10.0. The molecule has 0 heterocycles.